The average Bonchev–Trinajstić information content (AvgIpc) is 2.61. The van der Waals surface area contributed by atoms with Crippen LogP contribution in [0.1, 0.15) is 56.3 Å². The highest BCUT2D eigenvalue weighted by Gasteiger charge is 2.22. The van der Waals surface area contributed by atoms with Crippen LogP contribution in [0.4, 0.5) is 0 Å². The van der Waals surface area contributed by atoms with Crippen LogP contribution in [-0.2, 0) is 9.47 Å². The van der Waals surface area contributed by atoms with Gasteiger partial charge in [0.2, 0.25) is 0 Å². The van der Waals surface area contributed by atoms with Crippen LogP contribution in [0, 0.1) is 5.92 Å². The zero-order valence-corrected chi connectivity index (χ0v) is 15.6. The van der Waals surface area contributed by atoms with Crippen LogP contribution in [0.5, 0.6) is 0 Å². The molecule has 1 aromatic rings. The van der Waals surface area contributed by atoms with E-state index in [-0.39, 0.29) is 30.7 Å². The first-order valence-electron chi connectivity index (χ1n) is 9.07. The number of rotatable bonds is 12. The highest BCUT2D eigenvalue weighted by molar-refractivity contribution is 5.89. The summed E-state index contributed by atoms with van der Waals surface area (Å²) in [4.78, 5) is 12.3. The van der Waals surface area contributed by atoms with E-state index in [0.717, 1.165) is 19.3 Å². The number of ether oxygens (including phenoxy) is 2. The van der Waals surface area contributed by atoms with Crippen LogP contribution in [0.3, 0.4) is 0 Å². The van der Waals surface area contributed by atoms with Gasteiger partial charge in [-0.3, -0.25) is 0 Å². The van der Waals surface area contributed by atoms with E-state index in [0.29, 0.717) is 18.4 Å². The average molecular weight is 352 g/mol. The number of hydrogen-bond acceptors (Lipinski definition) is 5. The van der Waals surface area contributed by atoms with Crippen molar-refractivity contribution in [1.29, 1.82) is 0 Å². The van der Waals surface area contributed by atoms with Gasteiger partial charge in [-0.05, 0) is 37.3 Å². The minimum absolute atomic E-state index is 0.0546. The Kier molecular flexibility index (Phi) is 10.4. The van der Waals surface area contributed by atoms with Gasteiger partial charge in [0.25, 0.3) is 0 Å². The molecule has 0 radical (unpaired) electrons. The second-order valence-corrected chi connectivity index (χ2v) is 6.69. The molecule has 0 unspecified atom stereocenters. The smallest absolute Gasteiger partial charge is 0.338 e. The zero-order valence-electron chi connectivity index (χ0n) is 15.6. The number of methoxy groups -OCH3 is 1. The van der Waals surface area contributed by atoms with Crippen LogP contribution < -0.4 is 0 Å². The fourth-order valence-corrected chi connectivity index (χ4v) is 3.01. The van der Waals surface area contributed by atoms with Crippen molar-refractivity contribution in [2.45, 2.75) is 64.3 Å². The molecule has 0 heterocycles. The van der Waals surface area contributed by atoms with Crippen LogP contribution in [0.2, 0.25) is 0 Å². The van der Waals surface area contributed by atoms with Crippen LogP contribution in [0.25, 0.3) is 0 Å². The summed E-state index contributed by atoms with van der Waals surface area (Å²) in [6.45, 7) is 3.86. The molecule has 25 heavy (non-hydrogen) atoms. The summed E-state index contributed by atoms with van der Waals surface area (Å²) in [7, 11) is 1.65. The normalized spacial score (nSPS) is 16.0. The van der Waals surface area contributed by atoms with Crippen molar-refractivity contribution in [3.63, 3.8) is 0 Å². The standard InChI is InChI=1S/C20H32O5/c1-4-8-18(25-20(23)16-9-6-5-7-10-16)13-19(24-3)12-15(2)11-17(22)14-21/h5-7,9-10,15,17-19,21-22H,4,8,11-14H2,1-3H3/t15-,17-,18+,19+/m1/s1. The lowest BCUT2D eigenvalue weighted by molar-refractivity contribution is -0.00494. The Morgan fingerprint density at radius 3 is 2.36 bits per heavy atom. The minimum atomic E-state index is -0.699. The molecule has 0 bridgehead atoms. The van der Waals surface area contributed by atoms with Gasteiger partial charge in [0.15, 0.2) is 0 Å². The van der Waals surface area contributed by atoms with Gasteiger partial charge in [-0.2, -0.15) is 0 Å². The van der Waals surface area contributed by atoms with Crippen LogP contribution in [0.15, 0.2) is 30.3 Å². The third-order valence-electron chi connectivity index (χ3n) is 4.30. The molecule has 0 spiro atoms. The Labute approximate surface area is 151 Å². The summed E-state index contributed by atoms with van der Waals surface area (Å²) in [6, 6.07) is 8.99. The molecule has 0 aliphatic rings. The van der Waals surface area contributed by atoms with E-state index >= 15 is 0 Å². The molecule has 0 saturated carbocycles. The van der Waals surface area contributed by atoms with Crippen LogP contribution >= 0.6 is 0 Å². The maximum absolute atomic E-state index is 12.3. The fourth-order valence-electron chi connectivity index (χ4n) is 3.01. The van der Waals surface area contributed by atoms with Gasteiger partial charge >= 0.3 is 5.97 Å². The molecule has 5 nitrogen and oxygen atoms in total. The first-order chi connectivity index (χ1) is 12.0. The molecule has 142 valence electrons. The topological polar surface area (TPSA) is 76.0 Å². The fraction of sp³-hybridized carbons (Fsp3) is 0.650. The van der Waals surface area contributed by atoms with Crippen molar-refractivity contribution in [1.82, 2.24) is 0 Å². The van der Waals surface area contributed by atoms with Gasteiger partial charge in [0.1, 0.15) is 6.10 Å². The Hall–Kier alpha value is -1.43. The van der Waals surface area contributed by atoms with Gasteiger partial charge in [-0.25, -0.2) is 4.79 Å². The first-order valence-corrected chi connectivity index (χ1v) is 9.07. The zero-order chi connectivity index (χ0) is 18.7. The Balaban J connectivity index is 2.60. The summed E-state index contributed by atoms with van der Waals surface area (Å²) < 4.78 is 11.2. The number of aliphatic hydroxyl groups is 2. The lowest BCUT2D eigenvalue weighted by Crippen LogP contribution is -2.27. The third-order valence-corrected chi connectivity index (χ3v) is 4.30. The predicted molar refractivity (Wildman–Crippen MR) is 97.5 cm³/mol. The molecule has 5 heteroatoms. The number of esters is 1. The predicted octanol–water partition coefficient (Wildman–Crippen LogP) is 3.19. The molecule has 0 amide bonds. The monoisotopic (exact) mass is 352 g/mol. The van der Waals surface area contributed by atoms with Gasteiger partial charge in [0, 0.05) is 13.5 Å². The summed E-state index contributed by atoms with van der Waals surface area (Å²) >= 11 is 0. The highest BCUT2D eigenvalue weighted by Crippen LogP contribution is 2.21. The Morgan fingerprint density at radius 2 is 1.80 bits per heavy atom. The number of carbonyl (C=O) groups is 1. The Bertz CT molecular complexity index is 476. The van der Waals surface area contributed by atoms with Gasteiger partial charge in [-0.1, -0.05) is 38.5 Å². The van der Waals surface area contributed by atoms with Crippen molar-refractivity contribution in [3.05, 3.63) is 35.9 Å². The van der Waals surface area contributed by atoms with Crippen molar-refractivity contribution < 1.29 is 24.5 Å². The Morgan fingerprint density at radius 1 is 1.12 bits per heavy atom. The van der Waals surface area contributed by atoms with E-state index in [1.165, 1.54) is 0 Å². The van der Waals surface area contributed by atoms with E-state index in [4.69, 9.17) is 14.6 Å². The number of hydrogen-bond donors (Lipinski definition) is 2. The molecule has 0 fully saturated rings. The minimum Gasteiger partial charge on any atom is -0.459 e. The molecule has 0 aliphatic carbocycles. The summed E-state index contributed by atoms with van der Waals surface area (Å²) in [5, 5.41) is 18.5. The molecule has 0 saturated heterocycles. The van der Waals surface area contributed by atoms with Crippen molar-refractivity contribution in [2.24, 2.45) is 5.92 Å². The van der Waals surface area contributed by atoms with Crippen molar-refractivity contribution >= 4 is 5.97 Å². The second kappa shape index (κ2) is 12.0. The number of aliphatic hydroxyl groups excluding tert-OH is 2. The molecule has 0 aromatic heterocycles. The summed E-state index contributed by atoms with van der Waals surface area (Å²) in [5.41, 5.74) is 0.553. The molecular formula is C20H32O5. The third kappa shape index (κ3) is 8.47. The van der Waals surface area contributed by atoms with Crippen molar-refractivity contribution in [3.8, 4) is 0 Å². The molecular weight excluding hydrogens is 320 g/mol. The van der Waals surface area contributed by atoms with E-state index < -0.39 is 6.10 Å². The van der Waals surface area contributed by atoms with E-state index in [1.807, 2.05) is 25.1 Å². The second-order valence-electron chi connectivity index (χ2n) is 6.69. The number of benzene rings is 1. The molecule has 2 N–H and O–H groups in total. The molecule has 4 atom stereocenters. The summed E-state index contributed by atoms with van der Waals surface area (Å²) in [5.74, 6) is -0.100. The molecule has 1 aromatic carbocycles. The lowest BCUT2D eigenvalue weighted by Gasteiger charge is -2.25. The molecule has 0 aliphatic heterocycles. The first kappa shape index (κ1) is 21.6. The van der Waals surface area contributed by atoms with E-state index in [1.54, 1.807) is 19.2 Å². The van der Waals surface area contributed by atoms with Crippen molar-refractivity contribution in [2.75, 3.05) is 13.7 Å². The SMILES string of the molecule is CCC[C@@H](C[C@H](C[C@H](C)C[C@@H](O)CO)OC)OC(=O)c1ccccc1. The van der Waals surface area contributed by atoms with E-state index in [2.05, 4.69) is 6.92 Å². The maximum atomic E-state index is 12.3. The quantitative estimate of drug-likeness (QED) is 0.565. The van der Waals surface area contributed by atoms with Gasteiger partial charge in [-0.15, -0.1) is 0 Å². The summed E-state index contributed by atoms with van der Waals surface area (Å²) in [6.07, 6.45) is 2.65. The van der Waals surface area contributed by atoms with Gasteiger partial charge in [0.05, 0.1) is 24.4 Å². The maximum Gasteiger partial charge on any atom is 0.338 e. The largest absolute Gasteiger partial charge is 0.459 e. The lowest BCUT2D eigenvalue weighted by atomic mass is 9.93. The van der Waals surface area contributed by atoms with Crippen LogP contribution in [-0.4, -0.2) is 48.2 Å². The highest BCUT2D eigenvalue weighted by atomic mass is 16.5. The molecule has 1 rings (SSSR count). The van der Waals surface area contributed by atoms with Gasteiger partial charge < -0.3 is 19.7 Å². The number of carbonyl (C=O) groups excluding carboxylic acids is 1. The van der Waals surface area contributed by atoms with E-state index in [9.17, 15) is 9.90 Å².